The van der Waals surface area contributed by atoms with E-state index < -0.39 is 5.97 Å². The number of carboxylic acid groups (broad SMARTS) is 1. The number of halogens is 1. The van der Waals surface area contributed by atoms with Crippen LogP contribution in [0.3, 0.4) is 0 Å². The number of rotatable bonds is 4. The fourth-order valence-corrected chi connectivity index (χ4v) is 2.70. The number of carbonyl (C=O) groups is 1. The number of nitrogens with zero attached hydrogens (tertiary/aromatic N) is 2. The van der Waals surface area contributed by atoms with Crippen molar-refractivity contribution in [2.24, 2.45) is 0 Å². The van der Waals surface area contributed by atoms with Gasteiger partial charge in [-0.2, -0.15) is 0 Å². The summed E-state index contributed by atoms with van der Waals surface area (Å²) in [5, 5.41) is 11.1. The molecule has 1 saturated heterocycles. The number of piperazine rings is 1. The first kappa shape index (κ1) is 14.1. The minimum Gasteiger partial charge on any atom is -0.545 e. The molecule has 0 unspecified atom stereocenters. The number of anilines is 1. The van der Waals surface area contributed by atoms with Gasteiger partial charge >= 0.3 is 0 Å². The maximum atomic E-state index is 10.7. The second kappa shape index (κ2) is 6.21. The number of aromatic carboxylic acids is 1. The summed E-state index contributed by atoms with van der Waals surface area (Å²) in [5.74, 6) is -0.583. The second-order valence-electron chi connectivity index (χ2n) is 4.80. The highest BCUT2D eigenvalue weighted by Crippen LogP contribution is 2.23. The smallest absolute Gasteiger partial charge is 0.147 e. The number of pyridine rings is 1. The number of nitrogens with one attached hydrogen (secondary N) is 1. The van der Waals surface area contributed by atoms with Crippen LogP contribution in [0.25, 0.3) is 0 Å². The Morgan fingerprint density at radius 2 is 2.21 bits per heavy atom. The Kier molecular flexibility index (Phi) is 4.61. The van der Waals surface area contributed by atoms with Crippen molar-refractivity contribution < 1.29 is 14.8 Å². The number of carboxylic acids is 1. The van der Waals surface area contributed by atoms with Crippen molar-refractivity contribution in [1.82, 2.24) is 4.98 Å². The summed E-state index contributed by atoms with van der Waals surface area (Å²) in [4.78, 5) is 18.6. The van der Waals surface area contributed by atoms with E-state index >= 15 is 0 Å². The molecule has 0 aliphatic carbocycles. The van der Waals surface area contributed by atoms with Crippen LogP contribution in [-0.4, -0.2) is 43.7 Å². The quantitative estimate of drug-likeness (QED) is 0.787. The van der Waals surface area contributed by atoms with E-state index in [4.69, 9.17) is 11.6 Å². The van der Waals surface area contributed by atoms with Gasteiger partial charge in [-0.05, 0) is 12.5 Å². The lowest BCUT2D eigenvalue weighted by molar-refractivity contribution is -0.900. The van der Waals surface area contributed by atoms with Crippen molar-refractivity contribution in [3.8, 4) is 0 Å². The van der Waals surface area contributed by atoms with Crippen LogP contribution in [0.2, 0.25) is 5.02 Å². The topological polar surface area (TPSA) is 60.7 Å². The highest BCUT2D eigenvalue weighted by Gasteiger charge is 2.21. The van der Waals surface area contributed by atoms with Crippen molar-refractivity contribution in [2.45, 2.75) is 13.3 Å². The molecule has 0 bridgehead atoms. The summed E-state index contributed by atoms with van der Waals surface area (Å²) in [6, 6.07) is 1.41. The van der Waals surface area contributed by atoms with Crippen LogP contribution in [0.4, 0.5) is 5.82 Å². The predicted octanol–water partition coefficient (Wildman–Crippen LogP) is -0.787. The van der Waals surface area contributed by atoms with E-state index in [-0.39, 0.29) is 5.56 Å². The number of hydrogen-bond acceptors (Lipinski definition) is 4. The van der Waals surface area contributed by atoms with Crippen LogP contribution < -0.4 is 14.9 Å². The van der Waals surface area contributed by atoms with E-state index in [0.29, 0.717) is 10.8 Å². The van der Waals surface area contributed by atoms with Crippen LogP contribution in [0.5, 0.6) is 0 Å². The molecule has 2 heterocycles. The molecule has 0 spiro atoms. The number of aromatic nitrogens is 1. The Labute approximate surface area is 117 Å². The average molecular weight is 284 g/mol. The molecule has 1 aromatic rings. The van der Waals surface area contributed by atoms with E-state index in [1.54, 1.807) is 4.90 Å². The molecule has 1 fully saturated rings. The van der Waals surface area contributed by atoms with E-state index in [1.165, 1.54) is 25.2 Å². The standard InChI is InChI=1S/C13H18ClN3O2/c1-2-3-16-4-6-17(7-5-16)12-11(14)8-10(9-15-12)13(18)19/h8-9H,2-7H2,1H3,(H,18,19). The van der Waals surface area contributed by atoms with Gasteiger partial charge in [0.15, 0.2) is 0 Å². The van der Waals surface area contributed by atoms with E-state index in [2.05, 4.69) is 16.8 Å². The van der Waals surface area contributed by atoms with Crippen molar-refractivity contribution in [3.63, 3.8) is 0 Å². The highest BCUT2D eigenvalue weighted by molar-refractivity contribution is 6.33. The first-order chi connectivity index (χ1) is 9.11. The van der Waals surface area contributed by atoms with E-state index in [9.17, 15) is 9.90 Å². The van der Waals surface area contributed by atoms with Crippen LogP contribution in [0, 0.1) is 0 Å². The summed E-state index contributed by atoms with van der Waals surface area (Å²) in [5.41, 5.74) is 0.0176. The van der Waals surface area contributed by atoms with E-state index in [1.807, 2.05) is 0 Å². The molecule has 6 heteroatoms. The summed E-state index contributed by atoms with van der Waals surface area (Å²) in [6.45, 7) is 7.30. The molecule has 19 heavy (non-hydrogen) atoms. The van der Waals surface area contributed by atoms with Gasteiger partial charge in [0.1, 0.15) is 5.82 Å². The summed E-state index contributed by atoms with van der Waals surface area (Å²) < 4.78 is 0. The summed E-state index contributed by atoms with van der Waals surface area (Å²) in [7, 11) is 0. The second-order valence-corrected chi connectivity index (χ2v) is 5.21. The van der Waals surface area contributed by atoms with Gasteiger partial charge in [0.2, 0.25) is 0 Å². The first-order valence-corrected chi connectivity index (χ1v) is 6.95. The monoisotopic (exact) mass is 283 g/mol. The van der Waals surface area contributed by atoms with Crippen molar-refractivity contribution in [1.29, 1.82) is 0 Å². The van der Waals surface area contributed by atoms with Crippen LogP contribution in [-0.2, 0) is 0 Å². The largest absolute Gasteiger partial charge is 0.545 e. The predicted molar refractivity (Wildman–Crippen MR) is 71.6 cm³/mol. The third-order valence-electron chi connectivity index (χ3n) is 3.43. The fraction of sp³-hybridized carbons (Fsp3) is 0.538. The minimum atomic E-state index is -1.25. The molecule has 2 rings (SSSR count). The van der Waals surface area contributed by atoms with Gasteiger partial charge in [0.05, 0.1) is 43.7 Å². The zero-order valence-electron chi connectivity index (χ0n) is 11.0. The molecule has 104 valence electrons. The molecule has 1 aromatic heterocycles. The lowest BCUT2D eigenvalue weighted by Crippen LogP contribution is -3.14. The third-order valence-corrected chi connectivity index (χ3v) is 3.71. The van der Waals surface area contributed by atoms with Crippen molar-refractivity contribution in [3.05, 3.63) is 22.8 Å². The van der Waals surface area contributed by atoms with Gasteiger partial charge < -0.3 is 19.7 Å². The summed E-state index contributed by atoms with van der Waals surface area (Å²) >= 11 is 6.10. The fourth-order valence-electron chi connectivity index (χ4n) is 2.41. The molecule has 0 amide bonds. The average Bonchev–Trinajstić information content (AvgIpc) is 2.40. The van der Waals surface area contributed by atoms with Gasteiger partial charge in [-0.1, -0.05) is 18.5 Å². The van der Waals surface area contributed by atoms with Gasteiger partial charge in [-0.3, -0.25) is 0 Å². The normalized spacial score (nSPS) is 16.6. The maximum Gasteiger partial charge on any atom is 0.147 e. The van der Waals surface area contributed by atoms with E-state index in [0.717, 1.165) is 26.2 Å². The Bertz CT molecular complexity index is 459. The number of quaternary nitrogens is 1. The zero-order valence-corrected chi connectivity index (χ0v) is 11.7. The Morgan fingerprint density at radius 3 is 2.74 bits per heavy atom. The number of carbonyl (C=O) groups excluding carboxylic acids is 1. The molecular weight excluding hydrogens is 266 g/mol. The lowest BCUT2D eigenvalue weighted by atomic mass is 10.2. The van der Waals surface area contributed by atoms with Crippen molar-refractivity contribution >= 4 is 23.4 Å². The maximum absolute atomic E-state index is 10.7. The molecule has 0 aromatic carbocycles. The number of hydrogen-bond donors (Lipinski definition) is 1. The van der Waals surface area contributed by atoms with Gasteiger partial charge in [0.25, 0.3) is 0 Å². The Balaban J connectivity index is 2.05. The van der Waals surface area contributed by atoms with Crippen molar-refractivity contribution in [2.75, 3.05) is 37.6 Å². The van der Waals surface area contributed by atoms with Crippen LogP contribution in [0.15, 0.2) is 12.3 Å². The van der Waals surface area contributed by atoms with Gasteiger partial charge in [-0.25, -0.2) is 4.98 Å². The minimum absolute atomic E-state index is 0.0176. The summed E-state index contributed by atoms with van der Waals surface area (Å²) in [6.07, 6.45) is 2.50. The Morgan fingerprint density at radius 1 is 1.53 bits per heavy atom. The molecule has 1 aliphatic heterocycles. The Hall–Kier alpha value is -1.33. The van der Waals surface area contributed by atoms with Crippen LogP contribution >= 0.6 is 11.6 Å². The lowest BCUT2D eigenvalue weighted by Gasteiger charge is -2.33. The SMILES string of the molecule is CCC[NH+]1CCN(c2ncc(C(=O)[O-])cc2Cl)CC1. The molecule has 0 radical (unpaired) electrons. The first-order valence-electron chi connectivity index (χ1n) is 6.57. The molecule has 1 aliphatic rings. The molecule has 0 atom stereocenters. The third kappa shape index (κ3) is 3.36. The van der Waals surface area contributed by atoms with Gasteiger partial charge in [-0.15, -0.1) is 0 Å². The highest BCUT2D eigenvalue weighted by atomic mass is 35.5. The van der Waals surface area contributed by atoms with Crippen LogP contribution in [0.1, 0.15) is 23.7 Å². The van der Waals surface area contributed by atoms with Gasteiger partial charge in [0, 0.05) is 11.8 Å². The zero-order chi connectivity index (χ0) is 13.8. The molecule has 1 N–H and O–H groups in total. The molecule has 0 saturated carbocycles. The molecular formula is C13H18ClN3O2. The molecule has 5 nitrogen and oxygen atoms in total.